The molecule has 2 aromatic rings. The van der Waals surface area contributed by atoms with Crippen molar-refractivity contribution >= 4 is 23.0 Å². The van der Waals surface area contributed by atoms with Crippen LogP contribution in [0.4, 0.5) is 0 Å². The van der Waals surface area contributed by atoms with Crippen molar-refractivity contribution in [1.29, 1.82) is 0 Å². The highest BCUT2D eigenvalue weighted by atomic mass is 16.5. The maximum atomic E-state index is 12.0. The summed E-state index contributed by atoms with van der Waals surface area (Å²) in [7, 11) is 1.52. The summed E-state index contributed by atoms with van der Waals surface area (Å²) in [6.45, 7) is 0. The number of carboxylic acids is 1. The first-order valence-electron chi connectivity index (χ1n) is 5.12. The highest BCUT2D eigenvalue weighted by Gasteiger charge is 2.06. The summed E-state index contributed by atoms with van der Waals surface area (Å²) in [5.74, 6) is -0.538. The van der Waals surface area contributed by atoms with Crippen LogP contribution in [0.5, 0.6) is 5.75 Å². The molecule has 0 atom stereocenters. The van der Waals surface area contributed by atoms with E-state index in [2.05, 4.69) is 0 Å². The van der Waals surface area contributed by atoms with Crippen LogP contribution in [0.2, 0.25) is 0 Å². The Kier molecular flexibility index (Phi) is 3.14. The number of methoxy groups -OCH3 is 1. The minimum absolute atomic E-state index is 0.190. The molecule has 92 valence electrons. The number of fused-ring (bicyclic) bond motifs is 1. The molecule has 0 radical (unpaired) electrons. The Bertz CT molecular complexity index is 681. The number of ether oxygens (including phenoxy) is 1. The minimum atomic E-state index is -1.12. The lowest BCUT2D eigenvalue weighted by molar-refractivity contribution is -0.131. The SMILES string of the molecule is COc1ccc2c(=O)c(/C=C/C(=O)O)coc2c1. The molecular weight excluding hydrogens is 236 g/mol. The van der Waals surface area contributed by atoms with E-state index in [1.54, 1.807) is 18.2 Å². The molecule has 18 heavy (non-hydrogen) atoms. The molecule has 0 fully saturated rings. The van der Waals surface area contributed by atoms with E-state index in [4.69, 9.17) is 14.3 Å². The molecule has 2 rings (SSSR count). The molecular formula is C13H10O5. The van der Waals surface area contributed by atoms with Crippen molar-refractivity contribution in [2.75, 3.05) is 7.11 Å². The normalized spacial score (nSPS) is 10.9. The molecule has 0 spiro atoms. The number of hydrogen-bond acceptors (Lipinski definition) is 4. The highest BCUT2D eigenvalue weighted by molar-refractivity contribution is 5.86. The zero-order valence-electron chi connectivity index (χ0n) is 9.54. The van der Waals surface area contributed by atoms with Gasteiger partial charge in [-0.05, 0) is 18.2 Å². The third kappa shape index (κ3) is 2.24. The maximum Gasteiger partial charge on any atom is 0.328 e. The molecule has 0 saturated carbocycles. The molecule has 0 aliphatic rings. The Hall–Kier alpha value is -2.56. The molecule has 0 aliphatic carbocycles. The number of hydrogen-bond donors (Lipinski definition) is 1. The summed E-state index contributed by atoms with van der Waals surface area (Å²) in [5.41, 5.74) is 0.304. The standard InChI is InChI=1S/C13H10O5/c1-17-9-3-4-10-11(6-9)18-7-8(13(10)16)2-5-12(14)15/h2-7H,1H3,(H,14,15)/b5-2+. The van der Waals surface area contributed by atoms with Gasteiger partial charge in [0.15, 0.2) is 5.43 Å². The maximum absolute atomic E-state index is 12.0. The fraction of sp³-hybridized carbons (Fsp3) is 0.0769. The van der Waals surface area contributed by atoms with E-state index in [-0.39, 0.29) is 11.0 Å². The van der Waals surface area contributed by atoms with Gasteiger partial charge >= 0.3 is 5.97 Å². The summed E-state index contributed by atoms with van der Waals surface area (Å²) in [6.07, 6.45) is 3.32. The average molecular weight is 246 g/mol. The van der Waals surface area contributed by atoms with Crippen LogP contribution in [0.3, 0.4) is 0 Å². The molecule has 0 aliphatic heterocycles. The van der Waals surface area contributed by atoms with Gasteiger partial charge in [-0.2, -0.15) is 0 Å². The van der Waals surface area contributed by atoms with E-state index in [0.717, 1.165) is 6.08 Å². The lowest BCUT2D eigenvalue weighted by Crippen LogP contribution is -2.05. The monoisotopic (exact) mass is 246 g/mol. The third-order valence-electron chi connectivity index (χ3n) is 2.41. The van der Waals surface area contributed by atoms with Crippen LogP contribution in [-0.2, 0) is 4.79 Å². The Morgan fingerprint density at radius 2 is 2.22 bits per heavy atom. The Morgan fingerprint density at radius 3 is 2.89 bits per heavy atom. The molecule has 1 aromatic carbocycles. The van der Waals surface area contributed by atoms with Crippen LogP contribution in [0.1, 0.15) is 5.56 Å². The van der Waals surface area contributed by atoms with Crippen LogP contribution >= 0.6 is 0 Å². The highest BCUT2D eigenvalue weighted by Crippen LogP contribution is 2.18. The summed E-state index contributed by atoms with van der Waals surface area (Å²) >= 11 is 0. The van der Waals surface area contributed by atoms with E-state index < -0.39 is 5.97 Å². The Balaban J connectivity index is 2.58. The zero-order valence-corrected chi connectivity index (χ0v) is 9.54. The van der Waals surface area contributed by atoms with E-state index in [9.17, 15) is 9.59 Å². The van der Waals surface area contributed by atoms with Crippen molar-refractivity contribution in [1.82, 2.24) is 0 Å². The van der Waals surface area contributed by atoms with Crippen LogP contribution < -0.4 is 10.2 Å². The second kappa shape index (κ2) is 4.75. The largest absolute Gasteiger partial charge is 0.497 e. The lowest BCUT2D eigenvalue weighted by Gasteiger charge is -2.01. The predicted octanol–water partition coefficient (Wildman–Crippen LogP) is 1.90. The minimum Gasteiger partial charge on any atom is -0.497 e. The van der Waals surface area contributed by atoms with Gasteiger partial charge in [0.05, 0.1) is 18.1 Å². The molecule has 0 saturated heterocycles. The fourth-order valence-corrected chi connectivity index (χ4v) is 1.53. The van der Waals surface area contributed by atoms with Crippen molar-refractivity contribution < 1.29 is 19.1 Å². The van der Waals surface area contributed by atoms with Crippen LogP contribution in [-0.4, -0.2) is 18.2 Å². The quantitative estimate of drug-likeness (QED) is 0.837. The van der Waals surface area contributed by atoms with E-state index in [1.807, 2.05) is 0 Å². The molecule has 5 heteroatoms. The van der Waals surface area contributed by atoms with E-state index in [1.165, 1.54) is 19.4 Å². The first kappa shape index (κ1) is 11.9. The van der Waals surface area contributed by atoms with Crippen molar-refractivity contribution in [2.24, 2.45) is 0 Å². The van der Waals surface area contributed by atoms with Gasteiger partial charge in [-0.3, -0.25) is 4.79 Å². The van der Waals surface area contributed by atoms with Crippen molar-refractivity contribution in [3.05, 3.63) is 46.3 Å². The second-order valence-corrected chi connectivity index (χ2v) is 3.55. The second-order valence-electron chi connectivity index (χ2n) is 3.55. The molecule has 5 nitrogen and oxygen atoms in total. The summed E-state index contributed by atoms with van der Waals surface area (Å²) in [4.78, 5) is 22.4. The summed E-state index contributed by atoms with van der Waals surface area (Å²) in [5, 5.41) is 8.89. The third-order valence-corrected chi connectivity index (χ3v) is 2.41. The van der Waals surface area contributed by atoms with Crippen LogP contribution in [0.25, 0.3) is 17.0 Å². The van der Waals surface area contributed by atoms with Crippen LogP contribution in [0, 0.1) is 0 Å². The molecule has 1 heterocycles. The number of carbonyl (C=O) groups is 1. The van der Waals surface area contributed by atoms with Gasteiger partial charge in [0.1, 0.15) is 17.6 Å². The Morgan fingerprint density at radius 1 is 1.44 bits per heavy atom. The first-order chi connectivity index (χ1) is 8.61. The lowest BCUT2D eigenvalue weighted by atomic mass is 10.1. The van der Waals surface area contributed by atoms with Crippen molar-refractivity contribution in [3.63, 3.8) is 0 Å². The first-order valence-corrected chi connectivity index (χ1v) is 5.12. The predicted molar refractivity (Wildman–Crippen MR) is 65.7 cm³/mol. The summed E-state index contributed by atoms with van der Waals surface area (Å²) < 4.78 is 10.3. The van der Waals surface area contributed by atoms with Gasteiger partial charge < -0.3 is 14.3 Å². The topological polar surface area (TPSA) is 76.7 Å². The molecule has 0 unspecified atom stereocenters. The van der Waals surface area contributed by atoms with Gasteiger partial charge in [0, 0.05) is 12.1 Å². The summed E-state index contributed by atoms with van der Waals surface area (Å²) in [6, 6.07) is 4.82. The number of benzene rings is 1. The molecule has 0 amide bonds. The fourth-order valence-electron chi connectivity index (χ4n) is 1.53. The van der Waals surface area contributed by atoms with Crippen LogP contribution in [0.15, 0.2) is 39.7 Å². The smallest absolute Gasteiger partial charge is 0.328 e. The van der Waals surface area contributed by atoms with Gasteiger partial charge in [-0.25, -0.2) is 4.79 Å². The van der Waals surface area contributed by atoms with Gasteiger partial charge in [-0.1, -0.05) is 0 Å². The number of aliphatic carboxylic acids is 1. The van der Waals surface area contributed by atoms with Gasteiger partial charge in [-0.15, -0.1) is 0 Å². The van der Waals surface area contributed by atoms with Gasteiger partial charge in [0.2, 0.25) is 0 Å². The zero-order chi connectivity index (χ0) is 13.1. The van der Waals surface area contributed by atoms with Crippen molar-refractivity contribution in [2.45, 2.75) is 0 Å². The molecule has 0 bridgehead atoms. The average Bonchev–Trinajstić information content (AvgIpc) is 2.37. The van der Waals surface area contributed by atoms with E-state index >= 15 is 0 Å². The number of carboxylic acid groups (broad SMARTS) is 1. The van der Waals surface area contributed by atoms with Crippen molar-refractivity contribution in [3.8, 4) is 5.75 Å². The van der Waals surface area contributed by atoms with Gasteiger partial charge in [0.25, 0.3) is 0 Å². The molecule has 1 N–H and O–H groups in total. The van der Waals surface area contributed by atoms with E-state index in [0.29, 0.717) is 16.7 Å². The number of rotatable bonds is 3. The Labute approximate surface area is 102 Å². The molecule has 1 aromatic heterocycles.